The van der Waals surface area contributed by atoms with Crippen LogP contribution in [0.1, 0.15) is 42.5 Å². The topological polar surface area (TPSA) is 49.6 Å². The normalized spacial score (nSPS) is 19.4. The number of hydrogen-bond donors (Lipinski definition) is 1. The first-order chi connectivity index (χ1) is 9.75. The molecule has 4 nitrogen and oxygen atoms in total. The Bertz CT molecular complexity index is 488. The molecule has 0 atom stereocenters. The van der Waals surface area contributed by atoms with Gasteiger partial charge in [0.2, 0.25) is 0 Å². The van der Waals surface area contributed by atoms with Crippen molar-refractivity contribution in [1.82, 2.24) is 4.90 Å². The molecule has 20 heavy (non-hydrogen) atoms. The Labute approximate surface area is 120 Å². The van der Waals surface area contributed by atoms with E-state index in [1.54, 1.807) is 0 Å². The van der Waals surface area contributed by atoms with Crippen molar-refractivity contribution < 1.29 is 4.79 Å². The lowest BCUT2D eigenvalue weighted by atomic mass is 10.1. The lowest BCUT2D eigenvalue weighted by Gasteiger charge is -2.27. The molecule has 1 aromatic carbocycles. The molecular weight excluding hydrogens is 250 g/mol. The second-order valence-electron chi connectivity index (χ2n) is 5.82. The number of nitrogen functional groups attached to an aromatic ring is 1. The molecule has 2 heterocycles. The van der Waals surface area contributed by atoms with Gasteiger partial charge in [-0.1, -0.05) is 0 Å². The molecule has 1 amide bonds. The fraction of sp³-hybridized carbons (Fsp3) is 0.562. The van der Waals surface area contributed by atoms with E-state index in [-0.39, 0.29) is 5.91 Å². The van der Waals surface area contributed by atoms with Gasteiger partial charge in [-0.2, -0.15) is 0 Å². The van der Waals surface area contributed by atoms with Crippen molar-refractivity contribution in [3.63, 3.8) is 0 Å². The Hall–Kier alpha value is -1.71. The summed E-state index contributed by atoms with van der Waals surface area (Å²) >= 11 is 0. The molecule has 1 aromatic rings. The Morgan fingerprint density at radius 1 is 0.950 bits per heavy atom. The minimum absolute atomic E-state index is 0.129. The molecule has 2 aliphatic rings. The molecule has 4 heteroatoms. The van der Waals surface area contributed by atoms with Gasteiger partial charge in [0.15, 0.2) is 0 Å². The van der Waals surface area contributed by atoms with Crippen molar-refractivity contribution in [2.75, 3.05) is 36.8 Å². The average molecular weight is 273 g/mol. The summed E-state index contributed by atoms with van der Waals surface area (Å²) in [5.41, 5.74) is 8.70. The van der Waals surface area contributed by atoms with Gasteiger partial charge in [-0.15, -0.1) is 0 Å². The minimum atomic E-state index is 0.129. The van der Waals surface area contributed by atoms with Crippen molar-refractivity contribution >= 4 is 17.3 Å². The van der Waals surface area contributed by atoms with Gasteiger partial charge in [0.1, 0.15) is 0 Å². The summed E-state index contributed by atoms with van der Waals surface area (Å²) < 4.78 is 0. The number of rotatable bonds is 2. The number of nitrogens with two attached hydrogens (primary N) is 1. The summed E-state index contributed by atoms with van der Waals surface area (Å²) in [5.74, 6) is 0.129. The number of carbonyl (C=O) groups excluding carboxylic acids is 1. The Balaban J connectivity index is 1.77. The van der Waals surface area contributed by atoms with E-state index in [4.69, 9.17) is 5.73 Å². The van der Waals surface area contributed by atoms with E-state index in [1.165, 1.54) is 19.3 Å². The van der Waals surface area contributed by atoms with Crippen LogP contribution >= 0.6 is 0 Å². The summed E-state index contributed by atoms with van der Waals surface area (Å²) in [6.07, 6.45) is 5.93. The predicted octanol–water partition coefficient (Wildman–Crippen LogP) is 2.50. The van der Waals surface area contributed by atoms with Crippen LogP contribution in [-0.4, -0.2) is 37.0 Å². The molecule has 0 bridgehead atoms. The Kier molecular flexibility index (Phi) is 3.81. The van der Waals surface area contributed by atoms with E-state index >= 15 is 0 Å². The molecule has 0 aromatic heterocycles. The van der Waals surface area contributed by atoms with Crippen LogP contribution in [-0.2, 0) is 0 Å². The van der Waals surface area contributed by atoms with Crippen LogP contribution in [0.25, 0.3) is 0 Å². The lowest BCUT2D eigenvalue weighted by molar-refractivity contribution is 0.0724. The fourth-order valence-electron chi connectivity index (χ4n) is 3.21. The van der Waals surface area contributed by atoms with Crippen LogP contribution in [0.15, 0.2) is 18.2 Å². The van der Waals surface area contributed by atoms with Crippen molar-refractivity contribution in [1.29, 1.82) is 0 Å². The van der Waals surface area contributed by atoms with E-state index in [0.29, 0.717) is 0 Å². The van der Waals surface area contributed by atoms with Crippen LogP contribution in [0.4, 0.5) is 11.4 Å². The highest BCUT2D eigenvalue weighted by Gasteiger charge is 2.20. The lowest BCUT2D eigenvalue weighted by Crippen LogP contribution is -2.35. The molecule has 2 N–H and O–H groups in total. The molecule has 0 radical (unpaired) electrons. The van der Waals surface area contributed by atoms with E-state index in [1.807, 2.05) is 23.1 Å². The zero-order valence-electron chi connectivity index (χ0n) is 12.0. The van der Waals surface area contributed by atoms with Crippen LogP contribution in [0.3, 0.4) is 0 Å². The van der Waals surface area contributed by atoms with Crippen molar-refractivity contribution in [3.8, 4) is 0 Å². The maximum Gasteiger partial charge on any atom is 0.253 e. The van der Waals surface area contributed by atoms with E-state index < -0.39 is 0 Å². The molecule has 0 unspecified atom stereocenters. The molecule has 2 fully saturated rings. The highest BCUT2D eigenvalue weighted by atomic mass is 16.2. The SMILES string of the molecule is Nc1cc(C(=O)N2CCCCC2)ccc1N1CCCC1. The summed E-state index contributed by atoms with van der Waals surface area (Å²) in [5, 5.41) is 0. The van der Waals surface area contributed by atoms with Crippen molar-refractivity contribution in [2.45, 2.75) is 32.1 Å². The fourth-order valence-corrected chi connectivity index (χ4v) is 3.21. The number of likely N-dealkylation sites (tertiary alicyclic amines) is 1. The molecule has 2 aliphatic heterocycles. The van der Waals surface area contributed by atoms with Gasteiger partial charge >= 0.3 is 0 Å². The van der Waals surface area contributed by atoms with Gasteiger partial charge in [-0.25, -0.2) is 0 Å². The molecule has 0 saturated carbocycles. The third kappa shape index (κ3) is 2.60. The monoisotopic (exact) mass is 273 g/mol. The first-order valence-corrected chi connectivity index (χ1v) is 7.69. The quantitative estimate of drug-likeness (QED) is 0.842. The summed E-state index contributed by atoms with van der Waals surface area (Å²) in [6, 6.07) is 5.80. The van der Waals surface area contributed by atoms with Crippen LogP contribution in [0.2, 0.25) is 0 Å². The van der Waals surface area contributed by atoms with Crippen LogP contribution < -0.4 is 10.6 Å². The number of amides is 1. The number of piperidine rings is 1. The minimum Gasteiger partial charge on any atom is -0.397 e. The maximum atomic E-state index is 12.4. The average Bonchev–Trinajstić information content (AvgIpc) is 3.01. The van der Waals surface area contributed by atoms with Crippen LogP contribution in [0.5, 0.6) is 0 Å². The highest BCUT2D eigenvalue weighted by molar-refractivity contribution is 5.96. The Morgan fingerprint density at radius 3 is 2.25 bits per heavy atom. The maximum absolute atomic E-state index is 12.4. The van der Waals surface area contributed by atoms with Gasteiger partial charge in [0.25, 0.3) is 5.91 Å². The second kappa shape index (κ2) is 5.73. The molecule has 0 aliphatic carbocycles. The summed E-state index contributed by atoms with van der Waals surface area (Å²) in [4.78, 5) is 16.7. The molecule has 2 saturated heterocycles. The van der Waals surface area contributed by atoms with Gasteiger partial charge in [0.05, 0.1) is 11.4 Å². The first kappa shape index (κ1) is 13.3. The van der Waals surface area contributed by atoms with E-state index in [2.05, 4.69) is 4.90 Å². The summed E-state index contributed by atoms with van der Waals surface area (Å²) in [7, 11) is 0. The van der Waals surface area contributed by atoms with E-state index in [0.717, 1.165) is 56.0 Å². The summed E-state index contributed by atoms with van der Waals surface area (Å²) in [6.45, 7) is 3.91. The predicted molar refractivity (Wildman–Crippen MR) is 82.1 cm³/mol. The number of carbonyl (C=O) groups is 1. The van der Waals surface area contributed by atoms with E-state index in [9.17, 15) is 4.79 Å². The standard InChI is InChI=1S/C16H23N3O/c17-14-12-13(16(20)19-10-2-1-3-11-19)6-7-15(14)18-8-4-5-9-18/h6-7,12H,1-5,8-11,17H2. The van der Waals surface area contributed by atoms with Gasteiger partial charge in [0, 0.05) is 31.7 Å². The first-order valence-electron chi connectivity index (χ1n) is 7.69. The molecule has 3 rings (SSSR count). The van der Waals surface area contributed by atoms with Crippen molar-refractivity contribution in [2.24, 2.45) is 0 Å². The zero-order valence-corrected chi connectivity index (χ0v) is 12.0. The van der Waals surface area contributed by atoms with Gasteiger partial charge in [-0.05, 0) is 50.3 Å². The zero-order chi connectivity index (χ0) is 13.9. The van der Waals surface area contributed by atoms with Crippen LogP contribution in [0, 0.1) is 0 Å². The molecule has 108 valence electrons. The van der Waals surface area contributed by atoms with Gasteiger partial charge in [-0.3, -0.25) is 4.79 Å². The second-order valence-corrected chi connectivity index (χ2v) is 5.82. The number of nitrogens with zero attached hydrogens (tertiary/aromatic N) is 2. The molecule has 0 spiro atoms. The third-order valence-corrected chi connectivity index (χ3v) is 4.36. The molecular formula is C16H23N3O. The largest absolute Gasteiger partial charge is 0.397 e. The van der Waals surface area contributed by atoms with Gasteiger partial charge < -0.3 is 15.5 Å². The third-order valence-electron chi connectivity index (χ3n) is 4.36. The number of benzene rings is 1. The Morgan fingerprint density at radius 2 is 1.60 bits per heavy atom. The number of hydrogen-bond acceptors (Lipinski definition) is 3. The smallest absolute Gasteiger partial charge is 0.253 e. The van der Waals surface area contributed by atoms with Crippen molar-refractivity contribution in [3.05, 3.63) is 23.8 Å². The number of anilines is 2. The highest BCUT2D eigenvalue weighted by Crippen LogP contribution is 2.28.